The van der Waals surface area contributed by atoms with E-state index in [2.05, 4.69) is 44.5 Å². The summed E-state index contributed by atoms with van der Waals surface area (Å²) in [5.41, 5.74) is 0. The largest absolute Gasteiger partial charge is 0.443 e. The molecular weight excluding hydrogens is 405 g/mol. The van der Waals surface area contributed by atoms with Crippen LogP contribution in [0.25, 0.3) is 0 Å². The highest BCUT2D eigenvalue weighted by Gasteiger charge is 2.76. The first kappa shape index (κ1) is 25.8. The second kappa shape index (κ2) is 13.0. The molecule has 0 atom stereocenters. The Labute approximate surface area is 148 Å². The van der Waals surface area contributed by atoms with E-state index in [9.17, 15) is 30.7 Å². The molecule has 0 rings (SSSR count). The lowest BCUT2D eigenvalue weighted by Crippen LogP contribution is -2.75. The zero-order valence-corrected chi connectivity index (χ0v) is 13.6. The van der Waals surface area contributed by atoms with E-state index in [1.54, 1.807) is 0 Å². The van der Waals surface area contributed by atoms with Gasteiger partial charge in [-0.15, -0.1) is 0 Å². The van der Waals surface area contributed by atoms with E-state index in [0.29, 0.717) is 6.26 Å². The normalized spacial score (nSPS) is 13.0. The van der Waals surface area contributed by atoms with Crippen LogP contribution in [0.3, 0.4) is 0 Å². The van der Waals surface area contributed by atoms with E-state index in [1.165, 1.54) is 0 Å². The van der Waals surface area contributed by atoms with Gasteiger partial charge in [0.2, 0.25) is 0 Å². The lowest BCUT2D eigenvalue weighted by molar-refractivity contribution is -0.600. The van der Waals surface area contributed by atoms with Gasteiger partial charge in [-0.1, -0.05) is 6.58 Å². The number of hydrogen-bond acceptors (Lipinski definition) is 8. The third kappa shape index (κ3) is 5.40. The zero-order valence-electron chi connectivity index (χ0n) is 13.6. The Kier molecular flexibility index (Phi) is 12.4. The van der Waals surface area contributed by atoms with E-state index in [-0.39, 0.29) is 0 Å². The monoisotopic (exact) mass is 422 g/mol. The minimum atomic E-state index is -3.82. The van der Waals surface area contributed by atoms with Crippen molar-refractivity contribution in [2.75, 3.05) is 48.0 Å². The first-order valence-corrected chi connectivity index (χ1v) is 6.67. The van der Waals surface area contributed by atoms with Crippen molar-refractivity contribution in [1.82, 2.24) is 0 Å². The highest BCUT2D eigenvalue weighted by Crippen LogP contribution is 2.46. The van der Waals surface area contributed by atoms with Crippen LogP contribution in [0.5, 0.6) is 0 Å². The molecule has 8 nitrogen and oxygen atoms in total. The Balaban J connectivity index is 6.87. The maximum absolute atomic E-state index is 13.1. The Hall–Kier alpha value is -1.23. The standard InChI is InChI=1S/C12H17F7O8/c1-2-20-11(23-5-15,24-6-16)10(21-3-13,22-4-14)12(25-7-17,26-8-18)27-9-19/h2H,1,3-9H2. The van der Waals surface area contributed by atoms with Crippen LogP contribution in [0.15, 0.2) is 12.8 Å². The molecule has 0 bridgehead atoms. The van der Waals surface area contributed by atoms with Gasteiger partial charge in [-0.25, -0.2) is 30.7 Å². The molecule has 15 heteroatoms. The minimum Gasteiger partial charge on any atom is -0.443 e. The van der Waals surface area contributed by atoms with Crippen molar-refractivity contribution in [3.05, 3.63) is 12.8 Å². The van der Waals surface area contributed by atoms with Gasteiger partial charge < -0.3 is 14.2 Å². The maximum atomic E-state index is 13.1. The van der Waals surface area contributed by atoms with Crippen LogP contribution < -0.4 is 0 Å². The zero-order chi connectivity index (χ0) is 20.8. The van der Waals surface area contributed by atoms with Crippen LogP contribution in [0, 0.1) is 0 Å². The summed E-state index contributed by atoms with van der Waals surface area (Å²) >= 11 is 0. The molecule has 0 aliphatic rings. The van der Waals surface area contributed by atoms with Gasteiger partial charge in [0.1, 0.15) is 0 Å². The van der Waals surface area contributed by atoms with Gasteiger partial charge in [0.05, 0.1) is 6.26 Å². The van der Waals surface area contributed by atoms with E-state index in [1.807, 2.05) is 0 Å². The van der Waals surface area contributed by atoms with Crippen LogP contribution in [-0.2, 0) is 37.9 Å². The van der Waals surface area contributed by atoms with Crippen LogP contribution in [-0.4, -0.2) is 65.8 Å². The third-order valence-electron chi connectivity index (χ3n) is 2.78. The lowest BCUT2D eigenvalue weighted by atomic mass is 10.1. The van der Waals surface area contributed by atoms with E-state index >= 15 is 0 Å². The fraction of sp³-hybridized carbons (Fsp3) is 0.833. The van der Waals surface area contributed by atoms with Gasteiger partial charge in [-0.05, 0) is 0 Å². The third-order valence-corrected chi connectivity index (χ3v) is 2.78. The number of rotatable bonds is 18. The van der Waals surface area contributed by atoms with Crippen molar-refractivity contribution < 1.29 is 68.6 Å². The number of alkyl halides is 7. The molecule has 0 radical (unpaired) electrons. The quantitative estimate of drug-likeness (QED) is 0.190. The molecule has 0 saturated heterocycles. The van der Waals surface area contributed by atoms with Crippen molar-refractivity contribution >= 4 is 0 Å². The average molecular weight is 422 g/mol. The fourth-order valence-corrected chi connectivity index (χ4v) is 1.99. The Morgan fingerprint density at radius 3 is 1.07 bits per heavy atom. The van der Waals surface area contributed by atoms with Gasteiger partial charge in [0.25, 0.3) is 0 Å². The number of halogens is 7. The molecule has 0 amide bonds. The van der Waals surface area contributed by atoms with Crippen LogP contribution in [0.4, 0.5) is 30.7 Å². The van der Waals surface area contributed by atoms with Crippen LogP contribution >= 0.6 is 0 Å². The Bertz CT molecular complexity index is 377. The van der Waals surface area contributed by atoms with E-state index in [4.69, 9.17) is 0 Å². The van der Waals surface area contributed by atoms with E-state index < -0.39 is 65.8 Å². The summed E-state index contributed by atoms with van der Waals surface area (Å²) in [7, 11) is 0. The highest BCUT2D eigenvalue weighted by atomic mass is 19.2. The molecule has 0 unspecified atom stereocenters. The molecule has 0 N–H and O–H groups in total. The number of hydrogen-bond donors (Lipinski definition) is 0. The van der Waals surface area contributed by atoms with Gasteiger partial charge >= 0.3 is 17.7 Å². The Morgan fingerprint density at radius 2 is 0.815 bits per heavy atom. The van der Waals surface area contributed by atoms with Crippen molar-refractivity contribution in [1.29, 1.82) is 0 Å². The highest BCUT2D eigenvalue weighted by molar-refractivity contribution is 4.93. The summed E-state index contributed by atoms with van der Waals surface area (Å²) in [4.78, 5) is 0. The average Bonchev–Trinajstić information content (AvgIpc) is 2.62. The summed E-state index contributed by atoms with van der Waals surface area (Å²) in [5, 5.41) is 0. The lowest BCUT2D eigenvalue weighted by Gasteiger charge is -2.50. The second-order valence-corrected chi connectivity index (χ2v) is 3.79. The van der Waals surface area contributed by atoms with E-state index in [0.717, 1.165) is 0 Å². The molecule has 0 aromatic carbocycles. The summed E-state index contributed by atoms with van der Waals surface area (Å²) in [6, 6.07) is 0. The molecule has 0 aliphatic carbocycles. The van der Waals surface area contributed by atoms with Gasteiger partial charge in [-0.3, -0.25) is 23.7 Å². The summed E-state index contributed by atoms with van der Waals surface area (Å²) < 4.78 is 125. The predicted octanol–water partition coefficient (Wildman–Crippen LogP) is 2.76. The van der Waals surface area contributed by atoms with Crippen LogP contribution in [0.2, 0.25) is 0 Å². The van der Waals surface area contributed by atoms with Crippen molar-refractivity contribution in [2.24, 2.45) is 0 Å². The van der Waals surface area contributed by atoms with Crippen molar-refractivity contribution in [3.8, 4) is 0 Å². The topological polar surface area (TPSA) is 73.8 Å². The van der Waals surface area contributed by atoms with Gasteiger partial charge in [-0.2, -0.15) is 0 Å². The molecule has 0 aromatic rings. The molecule has 0 saturated carbocycles. The van der Waals surface area contributed by atoms with Crippen LogP contribution in [0.1, 0.15) is 0 Å². The second-order valence-electron chi connectivity index (χ2n) is 3.79. The van der Waals surface area contributed by atoms with Crippen molar-refractivity contribution in [2.45, 2.75) is 17.7 Å². The smallest absolute Gasteiger partial charge is 0.398 e. The maximum Gasteiger partial charge on any atom is 0.398 e. The molecule has 0 fully saturated rings. The SMILES string of the molecule is C=COC(OCF)(OCF)C(OCF)(OCF)C(OCF)(OCF)OCF. The first-order valence-electron chi connectivity index (χ1n) is 6.67. The molecule has 0 heterocycles. The molecule has 162 valence electrons. The summed E-state index contributed by atoms with van der Waals surface area (Å²) in [5.74, 6) is -11.2. The molecule has 0 spiro atoms. The molecule has 0 aliphatic heterocycles. The predicted molar refractivity (Wildman–Crippen MR) is 68.9 cm³/mol. The summed E-state index contributed by atoms with van der Waals surface area (Å²) in [6.45, 7) is -11.1. The molecule has 27 heavy (non-hydrogen) atoms. The summed E-state index contributed by atoms with van der Waals surface area (Å²) in [6.07, 6.45) is 0.342. The van der Waals surface area contributed by atoms with Gasteiger partial charge in [0, 0.05) is 0 Å². The van der Waals surface area contributed by atoms with Gasteiger partial charge in [0.15, 0.2) is 48.0 Å². The van der Waals surface area contributed by atoms with Crippen molar-refractivity contribution in [3.63, 3.8) is 0 Å². The fourth-order valence-electron chi connectivity index (χ4n) is 1.99. The minimum absolute atomic E-state index is 0.342. The number of ether oxygens (including phenoxy) is 8. The molecular formula is C12H17F7O8. The first-order chi connectivity index (χ1) is 13.0. The Morgan fingerprint density at radius 1 is 0.519 bits per heavy atom. The molecule has 0 aromatic heterocycles.